The average molecular weight is 872 g/mol. The zero-order valence-corrected chi connectivity index (χ0v) is 37.4. The highest BCUT2D eigenvalue weighted by Gasteiger charge is 2.28. The third-order valence-corrected chi connectivity index (χ3v) is 9.24. The van der Waals surface area contributed by atoms with Crippen molar-refractivity contribution >= 4 is 25.7 Å². The summed E-state index contributed by atoms with van der Waals surface area (Å²) < 4.78 is 32.5. The van der Waals surface area contributed by atoms with Crippen LogP contribution in [0.4, 0.5) is 0 Å². The molecule has 0 radical (unpaired) electrons. The topological polar surface area (TPSA) is 192 Å². The lowest BCUT2D eigenvalue weighted by Gasteiger charge is -2.20. The number of unbranched alkanes of at least 4 members (excludes halogenated alkanes) is 4. The fraction of sp³-hybridized carbons (Fsp3) is 0.521. The number of hydrogen-bond donors (Lipinski definition) is 4. The van der Waals surface area contributed by atoms with E-state index in [2.05, 4.69) is 73.1 Å². The van der Waals surface area contributed by atoms with E-state index < -0.39 is 63.8 Å². The maximum Gasteiger partial charge on any atom is 0.472 e. The van der Waals surface area contributed by atoms with Gasteiger partial charge in [-0.15, -0.1) is 0 Å². The molecule has 61 heavy (non-hydrogen) atoms. The number of hydrogen-bond acceptors (Lipinski definition) is 10. The first-order valence-corrected chi connectivity index (χ1v) is 23.2. The molecular weight excluding hydrogens is 797 g/mol. The number of aliphatic hydroxyl groups is 1. The Morgan fingerprint density at radius 3 is 1.72 bits per heavy atom. The van der Waals surface area contributed by atoms with E-state index >= 15 is 0 Å². The van der Waals surface area contributed by atoms with E-state index in [9.17, 15) is 28.9 Å². The summed E-state index contributed by atoms with van der Waals surface area (Å²) in [6, 6.07) is -1.56. The zero-order valence-electron chi connectivity index (χ0n) is 36.6. The molecule has 0 aliphatic carbocycles. The molecule has 0 amide bonds. The number of ether oxygens (including phenoxy) is 2. The number of carbonyl (C=O) groups excluding carboxylic acids is 2. The van der Waals surface area contributed by atoms with Gasteiger partial charge >= 0.3 is 25.7 Å². The minimum absolute atomic E-state index is 0.0274. The standard InChI is InChI=1S/C48H74NO11P/c1-3-5-7-9-11-12-13-14-15-16-17-18-19-20-21-22-26-30-34-38-46(51)57-40-44(41-58-61(55,56)59-42-45(49)48(53)54)60-47(52)39-35-31-27-24-23-25-29-33-37-43(50)36-32-28-10-8-6-4-2/h6,8,11-12,14-15,17-18,20-21,24-30,32-33,37,43-45,50H,3-5,7,9-10,13,16,19,22-23,31,34-36,38-42,49H2,1-2H3,(H,53,54)(H,55,56)/b8-6-,12-11-,15-14-,18-17-,21-20-,27-24-,29-25-,30-26-,32-28-,37-33+/t43?,44-,45+/m1/s1. The summed E-state index contributed by atoms with van der Waals surface area (Å²) in [6.07, 6.45) is 51.7. The van der Waals surface area contributed by atoms with Crippen molar-refractivity contribution in [3.05, 3.63) is 122 Å². The molecule has 12 nitrogen and oxygen atoms in total. The van der Waals surface area contributed by atoms with Crippen LogP contribution in [0.1, 0.15) is 123 Å². The first-order valence-electron chi connectivity index (χ1n) is 21.7. The Balaban J connectivity index is 4.67. The number of phosphoric ester groups is 1. The number of carboxylic acid groups (broad SMARTS) is 1. The van der Waals surface area contributed by atoms with Crippen molar-refractivity contribution in [1.82, 2.24) is 0 Å². The lowest BCUT2D eigenvalue weighted by molar-refractivity contribution is -0.161. The van der Waals surface area contributed by atoms with Crippen LogP contribution in [0.2, 0.25) is 0 Å². The molecule has 0 aromatic heterocycles. The molecule has 5 N–H and O–H groups in total. The molecule has 0 aliphatic rings. The molecule has 4 atom stereocenters. The van der Waals surface area contributed by atoms with E-state index in [1.807, 2.05) is 54.7 Å². The lowest BCUT2D eigenvalue weighted by Crippen LogP contribution is -2.34. The van der Waals surface area contributed by atoms with Gasteiger partial charge in [-0.3, -0.25) is 23.4 Å². The molecule has 2 unspecified atom stereocenters. The highest BCUT2D eigenvalue weighted by atomic mass is 31.2. The minimum Gasteiger partial charge on any atom is -0.480 e. The number of carbonyl (C=O) groups is 3. The van der Waals surface area contributed by atoms with Crippen molar-refractivity contribution in [3.8, 4) is 0 Å². The van der Waals surface area contributed by atoms with Crippen molar-refractivity contribution < 1.29 is 52.6 Å². The second-order valence-corrected chi connectivity index (χ2v) is 15.4. The molecule has 0 saturated carbocycles. The summed E-state index contributed by atoms with van der Waals surface area (Å²) in [4.78, 5) is 45.9. The van der Waals surface area contributed by atoms with E-state index in [1.54, 1.807) is 12.2 Å². The first kappa shape index (κ1) is 56.8. The number of esters is 2. The Labute approximate surface area is 365 Å². The number of rotatable bonds is 38. The van der Waals surface area contributed by atoms with Gasteiger partial charge in [0.1, 0.15) is 12.6 Å². The first-order chi connectivity index (χ1) is 29.5. The molecule has 0 aliphatic heterocycles. The Bertz CT molecular complexity index is 1510. The van der Waals surface area contributed by atoms with Gasteiger partial charge in [-0.25, -0.2) is 4.57 Å². The normalized spacial score (nSPS) is 15.4. The molecule has 0 aromatic carbocycles. The molecule has 0 rings (SSSR count). The fourth-order valence-corrected chi connectivity index (χ4v) is 5.65. The van der Waals surface area contributed by atoms with E-state index in [0.29, 0.717) is 32.1 Å². The van der Waals surface area contributed by atoms with Crippen LogP contribution >= 0.6 is 7.82 Å². The summed E-state index contributed by atoms with van der Waals surface area (Å²) in [5.41, 5.74) is 5.32. The van der Waals surface area contributed by atoms with Crippen molar-refractivity contribution in [1.29, 1.82) is 0 Å². The highest BCUT2D eigenvalue weighted by Crippen LogP contribution is 2.43. The van der Waals surface area contributed by atoms with Gasteiger partial charge in [0, 0.05) is 12.8 Å². The molecular formula is C48H74NO11P. The predicted molar refractivity (Wildman–Crippen MR) is 245 cm³/mol. The van der Waals surface area contributed by atoms with Crippen LogP contribution in [0, 0.1) is 0 Å². The average Bonchev–Trinajstić information content (AvgIpc) is 3.23. The fourth-order valence-electron chi connectivity index (χ4n) is 4.87. The van der Waals surface area contributed by atoms with E-state index in [-0.39, 0.29) is 12.8 Å². The second kappa shape index (κ2) is 41.2. The Morgan fingerprint density at radius 2 is 1.13 bits per heavy atom. The second-order valence-electron chi connectivity index (χ2n) is 13.9. The van der Waals surface area contributed by atoms with Crippen LogP contribution < -0.4 is 5.73 Å². The van der Waals surface area contributed by atoms with Crippen molar-refractivity contribution in [2.75, 3.05) is 19.8 Å². The third kappa shape index (κ3) is 41.0. The summed E-state index contributed by atoms with van der Waals surface area (Å²) in [5.74, 6) is -2.63. The summed E-state index contributed by atoms with van der Waals surface area (Å²) in [7, 11) is -4.77. The Kier molecular flexibility index (Phi) is 38.4. The van der Waals surface area contributed by atoms with Gasteiger partial charge < -0.3 is 30.3 Å². The van der Waals surface area contributed by atoms with E-state index in [1.165, 1.54) is 19.3 Å². The number of nitrogens with two attached hydrogens (primary N) is 1. The number of phosphoric acid groups is 1. The molecule has 0 aromatic rings. The number of carboxylic acids is 1. The van der Waals surface area contributed by atoms with Gasteiger partial charge in [-0.05, 0) is 83.5 Å². The minimum atomic E-state index is -4.77. The number of aliphatic hydroxyl groups excluding tert-OH is 1. The molecule has 0 bridgehead atoms. The molecule has 342 valence electrons. The van der Waals surface area contributed by atoms with Gasteiger partial charge in [0.25, 0.3) is 0 Å². The van der Waals surface area contributed by atoms with Crippen LogP contribution in [0.3, 0.4) is 0 Å². The van der Waals surface area contributed by atoms with Crippen LogP contribution in [-0.4, -0.2) is 71.1 Å². The molecule has 0 spiro atoms. The molecule has 0 saturated heterocycles. The Morgan fingerprint density at radius 1 is 0.607 bits per heavy atom. The van der Waals surface area contributed by atoms with Crippen molar-refractivity contribution in [3.63, 3.8) is 0 Å². The van der Waals surface area contributed by atoms with Crippen molar-refractivity contribution in [2.45, 2.75) is 141 Å². The van der Waals surface area contributed by atoms with Gasteiger partial charge in [0.15, 0.2) is 6.10 Å². The molecule has 13 heteroatoms. The summed E-state index contributed by atoms with van der Waals surface area (Å²) in [6.45, 7) is 2.41. The van der Waals surface area contributed by atoms with Gasteiger partial charge in [0.2, 0.25) is 0 Å². The molecule has 0 heterocycles. The van der Waals surface area contributed by atoms with E-state index in [0.717, 1.165) is 44.9 Å². The summed E-state index contributed by atoms with van der Waals surface area (Å²) >= 11 is 0. The lowest BCUT2D eigenvalue weighted by atomic mass is 10.2. The van der Waals surface area contributed by atoms with Crippen LogP contribution in [-0.2, 0) is 37.5 Å². The predicted octanol–water partition coefficient (Wildman–Crippen LogP) is 10.6. The van der Waals surface area contributed by atoms with Gasteiger partial charge in [0.05, 0.1) is 19.3 Å². The zero-order chi connectivity index (χ0) is 45.1. The maximum atomic E-state index is 12.6. The van der Waals surface area contributed by atoms with Gasteiger partial charge in [-0.1, -0.05) is 148 Å². The third-order valence-electron chi connectivity index (χ3n) is 8.29. The SMILES string of the molecule is CC/C=C\C/C=C\CC(O)/C=C/C=C\C/C=C\CCCC(=O)O[C@H](COC(=O)CC/C=C\C/C=C\C/C=C\C/C=C\C/C=C\CCCCC)COP(=O)(O)OC[C@H](N)C(=O)O. The van der Waals surface area contributed by atoms with Crippen molar-refractivity contribution in [2.24, 2.45) is 5.73 Å². The number of allylic oxidation sites excluding steroid dienone is 18. The summed E-state index contributed by atoms with van der Waals surface area (Å²) in [5, 5.41) is 18.9. The quantitative estimate of drug-likeness (QED) is 0.0151. The monoisotopic (exact) mass is 871 g/mol. The van der Waals surface area contributed by atoms with E-state index in [4.69, 9.17) is 24.8 Å². The van der Waals surface area contributed by atoms with Crippen LogP contribution in [0.25, 0.3) is 0 Å². The van der Waals surface area contributed by atoms with Gasteiger partial charge in [-0.2, -0.15) is 0 Å². The molecule has 0 fully saturated rings. The van der Waals surface area contributed by atoms with Crippen LogP contribution in [0.5, 0.6) is 0 Å². The number of aliphatic carboxylic acids is 1. The largest absolute Gasteiger partial charge is 0.480 e. The van der Waals surface area contributed by atoms with Crippen LogP contribution in [0.15, 0.2) is 122 Å². The Hall–Kier alpha value is -4.16. The highest BCUT2D eigenvalue weighted by molar-refractivity contribution is 7.47. The smallest absolute Gasteiger partial charge is 0.472 e. The maximum absolute atomic E-state index is 12.6.